The second-order valence-electron chi connectivity index (χ2n) is 2.92. The molecule has 1 unspecified atom stereocenters. The molecule has 0 aromatic heterocycles. The molecule has 0 aliphatic carbocycles. The van der Waals surface area contributed by atoms with Gasteiger partial charge in [-0.3, -0.25) is 4.79 Å². The van der Waals surface area contributed by atoms with Crippen molar-refractivity contribution in [2.24, 2.45) is 5.41 Å². The van der Waals surface area contributed by atoms with Gasteiger partial charge in [-0.15, -0.1) is 0 Å². The first-order chi connectivity index (χ1) is 4.19. The highest BCUT2D eigenvalue weighted by Gasteiger charge is 2.35. The van der Waals surface area contributed by atoms with Crippen LogP contribution in [0.4, 0.5) is 0 Å². The van der Waals surface area contributed by atoms with Crippen LogP contribution in [0.25, 0.3) is 0 Å². The van der Waals surface area contributed by atoms with Gasteiger partial charge < -0.3 is 5.32 Å². The van der Waals surface area contributed by atoms with E-state index in [9.17, 15) is 4.79 Å². The Morgan fingerprint density at radius 2 is 2.44 bits per heavy atom. The number of carbonyl (C=O) groups excluding carboxylic acids is 1. The summed E-state index contributed by atoms with van der Waals surface area (Å²) in [6.45, 7) is 4.95. The van der Waals surface area contributed by atoms with Crippen molar-refractivity contribution in [1.29, 1.82) is 0 Å². The molecule has 0 radical (unpaired) electrons. The maximum atomic E-state index is 11.0. The van der Waals surface area contributed by atoms with Gasteiger partial charge in [-0.2, -0.15) is 0 Å². The maximum absolute atomic E-state index is 11.0. The molecule has 0 aromatic carbocycles. The van der Waals surface area contributed by atoms with Crippen LogP contribution in [0.5, 0.6) is 0 Å². The standard InChI is InChI=1S/C7H13NO/c1-3-7(2)4-5-8-6(7)9/h3-5H2,1-2H3,(H,8,9). The second kappa shape index (κ2) is 2.01. The lowest BCUT2D eigenvalue weighted by Gasteiger charge is -2.16. The van der Waals surface area contributed by atoms with Crippen LogP contribution in [0, 0.1) is 5.41 Å². The lowest BCUT2D eigenvalue weighted by Crippen LogP contribution is -2.27. The molecule has 1 rings (SSSR count). The Kier molecular flexibility index (Phi) is 1.47. The Balaban J connectivity index is 2.67. The van der Waals surface area contributed by atoms with Crippen molar-refractivity contribution in [2.45, 2.75) is 26.7 Å². The Labute approximate surface area is 55.6 Å². The van der Waals surface area contributed by atoms with Crippen molar-refractivity contribution in [2.75, 3.05) is 6.54 Å². The van der Waals surface area contributed by atoms with Gasteiger partial charge in [-0.1, -0.05) is 13.8 Å². The summed E-state index contributed by atoms with van der Waals surface area (Å²) < 4.78 is 0. The van der Waals surface area contributed by atoms with Crippen LogP contribution >= 0.6 is 0 Å². The van der Waals surface area contributed by atoms with Crippen LogP contribution in [0.3, 0.4) is 0 Å². The first-order valence-electron chi connectivity index (χ1n) is 3.47. The highest BCUT2D eigenvalue weighted by molar-refractivity contribution is 5.84. The number of hydrogen-bond donors (Lipinski definition) is 1. The van der Waals surface area contributed by atoms with Gasteiger partial charge in [0.1, 0.15) is 0 Å². The molecule has 1 N–H and O–H groups in total. The van der Waals surface area contributed by atoms with Gasteiger partial charge >= 0.3 is 0 Å². The van der Waals surface area contributed by atoms with E-state index in [0.29, 0.717) is 0 Å². The van der Waals surface area contributed by atoms with E-state index >= 15 is 0 Å². The number of carbonyl (C=O) groups is 1. The molecule has 1 saturated heterocycles. The summed E-state index contributed by atoms with van der Waals surface area (Å²) >= 11 is 0. The number of amides is 1. The van der Waals surface area contributed by atoms with E-state index in [1.165, 1.54) is 0 Å². The third kappa shape index (κ3) is 0.934. The van der Waals surface area contributed by atoms with E-state index < -0.39 is 0 Å². The molecular weight excluding hydrogens is 114 g/mol. The zero-order chi connectivity index (χ0) is 6.91. The second-order valence-corrected chi connectivity index (χ2v) is 2.92. The Morgan fingerprint density at radius 3 is 2.67 bits per heavy atom. The largest absolute Gasteiger partial charge is 0.356 e. The van der Waals surface area contributed by atoms with E-state index in [-0.39, 0.29) is 11.3 Å². The van der Waals surface area contributed by atoms with Crippen molar-refractivity contribution in [3.8, 4) is 0 Å². The predicted octanol–water partition coefficient (Wildman–Crippen LogP) is 0.923. The summed E-state index contributed by atoms with van der Waals surface area (Å²) in [4.78, 5) is 11.0. The van der Waals surface area contributed by atoms with Crippen molar-refractivity contribution in [3.05, 3.63) is 0 Å². The predicted molar refractivity (Wildman–Crippen MR) is 36.0 cm³/mol. The summed E-state index contributed by atoms with van der Waals surface area (Å²) in [5, 5.41) is 2.82. The lowest BCUT2D eigenvalue weighted by atomic mass is 9.86. The molecule has 1 aliphatic rings. The molecule has 0 bridgehead atoms. The Bertz CT molecular complexity index is 133. The van der Waals surface area contributed by atoms with Crippen molar-refractivity contribution in [3.63, 3.8) is 0 Å². The van der Waals surface area contributed by atoms with Crippen molar-refractivity contribution >= 4 is 5.91 Å². The van der Waals surface area contributed by atoms with Gasteiger partial charge in [0, 0.05) is 12.0 Å². The third-order valence-electron chi connectivity index (χ3n) is 2.29. The summed E-state index contributed by atoms with van der Waals surface area (Å²) in [6.07, 6.45) is 1.96. The van der Waals surface area contributed by atoms with Crippen molar-refractivity contribution in [1.82, 2.24) is 5.32 Å². The van der Waals surface area contributed by atoms with E-state index in [1.54, 1.807) is 0 Å². The van der Waals surface area contributed by atoms with E-state index in [0.717, 1.165) is 19.4 Å². The van der Waals surface area contributed by atoms with E-state index in [1.807, 2.05) is 6.92 Å². The fourth-order valence-electron chi connectivity index (χ4n) is 1.12. The minimum atomic E-state index is -0.0556. The zero-order valence-corrected chi connectivity index (χ0v) is 6.03. The van der Waals surface area contributed by atoms with Crippen LogP contribution in [-0.2, 0) is 4.79 Å². The first kappa shape index (κ1) is 6.59. The highest BCUT2D eigenvalue weighted by atomic mass is 16.2. The summed E-state index contributed by atoms with van der Waals surface area (Å²) in [5.41, 5.74) is -0.0556. The molecule has 9 heavy (non-hydrogen) atoms. The summed E-state index contributed by atoms with van der Waals surface area (Å²) in [6, 6.07) is 0. The Hall–Kier alpha value is -0.530. The minimum absolute atomic E-state index is 0.0556. The van der Waals surface area contributed by atoms with E-state index in [4.69, 9.17) is 0 Å². The van der Waals surface area contributed by atoms with E-state index in [2.05, 4.69) is 12.2 Å². The quantitative estimate of drug-likeness (QED) is 0.557. The molecule has 1 aliphatic heterocycles. The molecule has 1 amide bonds. The monoisotopic (exact) mass is 127 g/mol. The molecule has 2 heteroatoms. The van der Waals surface area contributed by atoms with Crippen LogP contribution in [-0.4, -0.2) is 12.5 Å². The fourth-order valence-corrected chi connectivity index (χ4v) is 1.12. The molecule has 2 nitrogen and oxygen atoms in total. The average molecular weight is 127 g/mol. The number of nitrogens with one attached hydrogen (secondary N) is 1. The van der Waals surface area contributed by atoms with Crippen LogP contribution in [0.15, 0.2) is 0 Å². The minimum Gasteiger partial charge on any atom is -0.356 e. The van der Waals surface area contributed by atoms with Gasteiger partial charge in [-0.05, 0) is 12.8 Å². The smallest absolute Gasteiger partial charge is 0.225 e. The first-order valence-corrected chi connectivity index (χ1v) is 3.47. The fraction of sp³-hybridized carbons (Fsp3) is 0.857. The molecule has 52 valence electrons. The molecule has 1 fully saturated rings. The van der Waals surface area contributed by atoms with Crippen LogP contribution < -0.4 is 5.32 Å². The number of rotatable bonds is 1. The Morgan fingerprint density at radius 1 is 1.78 bits per heavy atom. The molecular formula is C7H13NO. The van der Waals surface area contributed by atoms with Gasteiger partial charge in [0.2, 0.25) is 5.91 Å². The zero-order valence-electron chi connectivity index (χ0n) is 6.03. The summed E-state index contributed by atoms with van der Waals surface area (Å²) in [5.74, 6) is 0.227. The van der Waals surface area contributed by atoms with Crippen LogP contribution in [0.2, 0.25) is 0 Å². The number of hydrogen-bond acceptors (Lipinski definition) is 1. The SMILES string of the molecule is CCC1(C)CCNC1=O. The van der Waals surface area contributed by atoms with Crippen molar-refractivity contribution < 1.29 is 4.79 Å². The lowest BCUT2D eigenvalue weighted by molar-refractivity contribution is -0.126. The normalized spacial score (nSPS) is 34.7. The van der Waals surface area contributed by atoms with Gasteiger partial charge in [0.15, 0.2) is 0 Å². The van der Waals surface area contributed by atoms with Gasteiger partial charge in [0.25, 0.3) is 0 Å². The molecule has 1 atom stereocenters. The van der Waals surface area contributed by atoms with Gasteiger partial charge in [-0.25, -0.2) is 0 Å². The molecule has 1 heterocycles. The molecule has 0 saturated carbocycles. The molecule has 0 spiro atoms. The average Bonchev–Trinajstić information content (AvgIpc) is 2.15. The third-order valence-corrected chi connectivity index (χ3v) is 2.29. The topological polar surface area (TPSA) is 29.1 Å². The molecule has 0 aromatic rings. The summed E-state index contributed by atoms with van der Waals surface area (Å²) in [7, 11) is 0. The van der Waals surface area contributed by atoms with Crippen LogP contribution in [0.1, 0.15) is 26.7 Å². The van der Waals surface area contributed by atoms with Gasteiger partial charge in [0.05, 0.1) is 0 Å². The maximum Gasteiger partial charge on any atom is 0.225 e. The highest BCUT2D eigenvalue weighted by Crippen LogP contribution is 2.28.